The number of hydrogen-bond acceptors (Lipinski definition) is 1. The van der Waals surface area contributed by atoms with Crippen molar-refractivity contribution in [2.75, 3.05) is 4.90 Å². The van der Waals surface area contributed by atoms with Gasteiger partial charge in [0.25, 0.3) is 0 Å². The van der Waals surface area contributed by atoms with Crippen LogP contribution in [0.15, 0.2) is 267 Å². The first kappa shape index (κ1) is 38.9. The molecule has 2 nitrogen and oxygen atoms in total. The number of benzene rings is 11. The number of aromatic nitrogens is 1. The van der Waals surface area contributed by atoms with Gasteiger partial charge in [0.2, 0.25) is 0 Å². The molecule has 2 heteroatoms. The predicted octanol–water partition coefficient (Wildman–Crippen LogP) is 17.7. The van der Waals surface area contributed by atoms with Gasteiger partial charge < -0.3 is 9.47 Å². The lowest BCUT2D eigenvalue weighted by molar-refractivity contribution is 1.18. The van der Waals surface area contributed by atoms with Gasteiger partial charge in [0.15, 0.2) is 0 Å². The predicted molar refractivity (Wildman–Crippen MR) is 280 cm³/mol. The molecule has 0 saturated carbocycles. The van der Waals surface area contributed by atoms with Gasteiger partial charge in [0.1, 0.15) is 0 Å². The lowest BCUT2D eigenvalue weighted by Crippen LogP contribution is -2.13. The van der Waals surface area contributed by atoms with Gasteiger partial charge in [0, 0.05) is 33.2 Å². The van der Waals surface area contributed by atoms with Crippen LogP contribution in [0, 0.1) is 0 Å². The van der Waals surface area contributed by atoms with E-state index in [1.54, 1.807) is 0 Å². The molecule has 0 aliphatic rings. The Hall–Kier alpha value is -8.72. The van der Waals surface area contributed by atoms with Crippen LogP contribution < -0.4 is 4.90 Å². The molecule has 0 saturated heterocycles. The first-order valence-electron chi connectivity index (χ1n) is 22.7. The molecule has 0 amide bonds. The highest BCUT2D eigenvalue weighted by Gasteiger charge is 2.23. The third kappa shape index (κ3) is 6.84. The summed E-state index contributed by atoms with van der Waals surface area (Å²) >= 11 is 0. The van der Waals surface area contributed by atoms with Crippen LogP contribution in [0.4, 0.5) is 17.1 Å². The maximum absolute atomic E-state index is 2.47. The molecule has 0 radical (unpaired) electrons. The number of anilines is 3. The molecule has 12 rings (SSSR count). The molecule has 0 atom stereocenters. The van der Waals surface area contributed by atoms with E-state index in [-0.39, 0.29) is 0 Å². The fraction of sp³-hybridized carbons (Fsp3) is 0. The zero-order valence-electron chi connectivity index (χ0n) is 36.3. The Morgan fingerprint density at radius 2 is 0.682 bits per heavy atom. The monoisotopic (exact) mass is 840 g/mol. The maximum Gasteiger partial charge on any atom is 0.0541 e. The van der Waals surface area contributed by atoms with Crippen molar-refractivity contribution in [1.29, 1.82) is 0 Å². The highest BCUT2D eigenvalue weighted by molar-refractivity contribution is 6.10. The second-order valence-electron chi connectivity index (χ2n) is 16.8. The molecule has 1 aromatic heterocycles. The number of hydrogen-bond donors (Lipinski definition) is 0. The van der Waals surface area contributed by atoms with Crippen molar-refractivity contribution in [2.45, 2.75) is 0 Å². The Morgan fingerprint density at radius 1 is 0.242 bits per heavy atom. The van der Waals surface area contributed by atoms with E-state index in [2.05, 4.69) is 276 Å². The van der Waals surface area contributed by atoms with E-state index in [4.69, 9.17) is 0 Å². The fourth-order valence-electron chi connectivity index (χ4n) is 10.0. The fourth-order valence-corrected chi connectivity index (χ4v) is 10.0. The minimum Gasteiger partial charge on any atom is -0.309 e. The van der Waals surface area contributed by atoms with E-state index in [0.717, 1.165) is 61.7 Å². The van der Waals surface area contributed by atoms with Gasteiger partial charge in [-0.3, -0.25) is 0 Å². The minimum absolute atomic E-state index is 1.07. The zero-order valence-corrected chi connectivity index (χ0v) is 36.3. The van der Waals surface area contributed by atoms with Crippen molar-refractivity contribution >= 4 is 49.6 Å². The van der Waals surface area contributed by atoms with Crippen LogP contribution in [0.3, 0.4) is 0 Å². The number of para-hydroxylation sites is 4. The van der Waals surface area contributed by atoms with Crippen molar-refractivity contribution < 1.29 is 0 Å². The summed E-state index contributed by atoms with van der Waals surface area (Å²) in [5.41, 5.74) is 18.5. The van der Waals surface area contributed by atoms with E-state index in [1.165, 1.54) is 49.3 Å². The van der Waals surface area contributed by atoms with Crippen molar-refractivity contribution in [3.05, 3.63) is 267 Å². The highest BCUT2D eigenvalue weighted by atomic mass is 15.1. The van der Waals surface area contributed by atoms with Crippen LogP contribution in [-0.2, 0) is 0 Å². The summed E-state index contributed by atoms with van der Waals surface area (Å²) in [6.45, 7) is 0. The van der Waals surface area contributed by atoms with E-state index < -0.39 is 0 Å². The van der Waals surface area contributed by atoms with Crippen LogP contribution in [-0.4, -0.2) is 4.57 Å². The molecule has 0 spiro atoms. The summed E-state index contributed by atoms with van der Waals surface area (Å²) in [5.74, 6) is 0. The van der Waals surface area contributed by atoms with Crippen molar-refractivity contribution in [3.8, 4) is 61.3 Å². The first-order chi connectivity index (χ1) is 32.8. The van der Waals surface area contributed by atoms with Crippen LogP contribution in [0.1, 0.15) is 0 Å². The molecular weight excluding hydrogens is 797 g/mol. The Labute approximate surface area is 385 Å². The number of rotatable bonds is 9. The van der Waals surface area contributed by atoms with Gasteiger partial charge in [0.05, 0.1) is 28.1 Å². The summed E-state index contributed by atoms with van der Waals surface area (Å²) in [7, 11) is 0. The highest BCUT2D eigenvalue weighted by Crippen LogP contribution is 2.48. The van der Waals surface area contributed by atoms with Crippen LogP contribution in [0.2, 0.25) is 0 Å². The van der Waals surface area contributed by atoms with Crippen molar-refractivity contribution in [1.82, 2.24) is 4.57 Å². The van der Waals surface area contributed by atoms with Gasteiger partial charge in [-0.25, -0.2) is 0 Å². The third-order valence-corrected chi connectivity index (χ3v) is 13.0. The Bertz CT molecular complexity index is 3650. The molecular formula is C64H44N2. The molecule has 11 aromatic carbocycles. The summed E-state index contributed by atoms with van der Waals surface area (Å²) < 4.78 is 2.43. The average molecular weight is 841 g/mol. The van der Waals surface area contributed by atoms with E-state index in [0.29, 0.717) is 0 Å². The molecule has 310 valence electrons. The van der Waals surface area contributed by atoms with Crippen LogP contribution in [0.25, 0.3) is 93.9 Å². The normalized spacial score (nSPS) is 11.3. The largest absolute Gasteiger partial charge is 0.309 e. The lowest BCUT2D eigenvalue weighted by Gasteiger charge is -2.31. The molecule has 12 aromatic rings. The molecule has 1 heterocycles. The molecule has 0 N–H and O–H groups in total. The first-order valence-corrected chi connectivity index (χ1v) is 22.7. The number of fused-ring (bicyclic) bond motifs is 4. The molecule has 66 heavy (non-hydrogen) atoms. The summed E-state index contributed by atoms with van der Waals surface area (Å²) in [4.78, 5) is 2.47. The van der Waals surface area contributed by atoms with Crippen molar-refractivity contribution in [2.24, 2.45) is 0 Å². The maximum atomic E-state index is 2.47. The minimum atomic E-state index is 1.07. The van der Waals surface area contributed by atoms with Gasteiger partial charge in [-0.05, 0) is 98.2 Å². The van der Waals surface area contributed by atoms with Gasteiger partial charge in [-0.1, -0.05) is 218 Å². The second-order valence-corrected chi connectivity index (χ2v) is 16.8. The van der Waals surface area contributed by atoms with Gasteiger partial charge in [-0.15, -0.1) is 0 Å². The summed E-state index contributed by atoms with van der Waals surface area (Å²) in [6, 6.07) is 97.0. The average Bonchev–Trinajstić information content (AvgIpc) is 3.74. The SMILES string of the molecule is c1ccc(-c2ccccc2N(c2cccc(-c3ccc(-c4ccccc4)c4ccccc34)c2)c2ccc(-c3ccccc3-n3c4ccccc4c4ccccc43)cc2-c2ccccc2)cc1. The third-order valence-electron chi connectivity index (χ3n) is 13.0. The molecule has 0 unspecified atom stereocenters. The molecule has 0 bridgehead atoms. The smallest absolute Gasteiger partial charge is 0.0541 e. The summed E-state index contributed by atoms with van der Waals surface area (Å²) in [6.07, 6.45) is 0. The Morgan fingerprint density at radius 3 is 1.32 bits per heavy atom. The number of nitrogens with zero attached hydrogens (tertiary/aromatic N) is 2. The van der Waals surface area contributed by atoms with Crippen LogP contribution in [0.5, 0.6) is 0 Å². The quantitative estimate of drug-likeness (QED) is 0.141. The molecule has 0 aliphatic heterocycles. The van der Waals surface area contributed by atoms with Crippen LogP contribution >= 0.6 is 0 Å². The topological polar surface area (TPSA) is 8.17 Å². The molecule has 0 aliphatic carbocycles. The van der Waals surface area contributed by atoms with Gasteiger partial charge in [-0.2, -0.15) is 0 Å². The van der Waals surface area contributed by atoms with Crippen molar-refractivity contribution in [3.63, 3.8) is 0 Å². The lowest BCUT2D eigenvalue weighted by atomic mass is 9.91. The van der Waals surface area contributed by atoms with E-state index in [9.17, 15) is 0 Å². The van der Waals surface area contributed by atoms with E-state index >= 15 is 0 Å². The zero-order chi connectivity index (χ0) is 43.8. The standard InChI is InChI=1S/C64H44N2/c1-4-21-45(22-5-1)51-40-41-52(56-32-11-10-31-55(51)56)48-27-20-28-50(43-48)65(60-35-16-12-29-53(60)46-23-6-2-7-24-46)64-42-39-49(44-59(64)47-25-8-3-9-26-47)54-30-13-17-36-61(54)66-62-37-18-14-33-57(62)58-34-15-19-38-63(58)66/h1-44H. The second kappa shape index (κ2) is 16.8. The Kier molecular flexibility index (Phi) is 9.89. The van der Waals surface area contributed by atoms with Gasteiger partial charge >= 0.3 is 0 Å². The Balaban J connectivity index is 1.08. The molecule has 0 fully saturated rings. The summed E-state index contributed by atoms with van der Waals surface area (Å²) in [5, 5.41) is 4.96. The van der Waals surface area contributed by atoms with E-state index in [1.807, 2.05) is 0 Å².